The Labute approximate surface area is 168 Å². The van der Waals surface area contributed by atoms with Gasteiger partial charge in [0.15, 0.2) is 6.19 Å². The van der Waals surface area contributed by atoms with E-state index in [1.807, 2.05) is 36.5 Å². The molecular weight excluding hydrogens is 371 g/mol. The molecule has 29 heavy (non-hydrogen) atoms. The molecule has 4 rings (SSSR count). The monoisotopic (exact) mass is 392 g/mol. The number of nitrogens with zero attached hydrogens (tertiary/aromatic N) is 3. The van der Waals surface area contributed by atoms with Crippen LogP contribution in [0.1, 0.15) is 27.9 Å². The summed E-state index contributed by atoms with van der Waals surface area (Å²) in [6.45, 7) is -0.00496. The van der Waals surface area contributed by atoms with E-state index in [2.05, 4.69) is 0 Å². The fourth-order valence-corrected chi connectivity index (χ4v) is 4.25. The predicted octanol–water partition coefficient (Wildman–Crippen LogP) is 2.18. The van der Waals surface area contributed by atoms with Gasteiger partial charge in [0, 0.05) is 30.3 Å². The third-order valence-corrected chi connectivity index (χ3v) is 5.72. The van der Waals surface area contributed by atoms with Crippen LogP contribution in [-0.2, 0) is 17.6 Å². The van der Waals surface area contributed by atoms with Crippen LogP contribution in [0.5, 0.6) is 0 Å². The highest BCUT2D eigenvalue weighted by molar-refractivity contribution is 6.03. The van der Waals surface area contributed by atoms with Gasteiger partial charge in [0.25, 0.3) is 5.91 Å². The zero-order valence-electron chi connectivity index (χ0n) is 15.8. The first-order valence-electron chi connectivity index (χ1n) is 9.55. The molecule has 1 saturated heterocycles. The second-order valence-electron chi connectivity index (χ2n) is 7.67. The molecular formula is C22H21FN4O2. The molecule has 148 valence electrons. The number of carbonyl (C=O) groups excluding carboxylic acids is 2. The smallest absolute Gasteiger partial charge is 0.266 e. The number of hydrogen-bond acceptors (Lipinski definition) is 4. The summed E-state index contributed by atoms with van der Waals surface area (Å²) in [5.41, 5.74) is 6.10. The maximum absolute atomic E-state index is 15.6. The van der Waals surface area contributed by atoms with E-state index in [1.165, 1.54) is 9.80 Å². The second-order valence-corrected chi connectivity index (χ2v) is 7.67. The van der Waals surface area contributed by atoms with Crippen LogP contribution in [0.2, 0.25) is 0 Å². The number of primary amides is 1. The third-order valence-electron chi connectivity index (χ3n) is 5.72. The first-order chi connectivity index (χ1) is 13.9. The van der Waals surface area contributed by atoms with Gasteiger partial charge in [0.05, 0.1) is 6.54 Å². The van der Waals surface area contributed by atoms with Crippen molar-refractivity contribution in [3.63, 3.8) is 0 Å². The summed E-state index contributed by atoms with van der Waals surface area (Å²) in [6.07, 6.45) is 2.98. The first kappa shape index (κ1) is 18.9. The van der Waals surface area contributed by atoms with E-state index in [0.717, 1.165) is 11.1 Å². The number of carbonyl (C=O) groups is 2. The van der Waals surface area contributed by atoms with Crippen molar-refractivity contribution in [2.24, 2.45) is 5.73 Å². The average Bonchev–Trinajstić information content (AvgIpc) is 3.28. The van der Waals surface area contributed by atoms with E-state index >= 15 is 4.39 Å². The zero-order chi connectivity index (χ0) is 20.6. The van der Waals surface area contributed by atoms with Crippen LogP contribution in [0.25, 0.3) is 0 Å². The molecule has 2 aromatic carbocycles. The summed E-state index contributed by atoms with van der Waals surface area (Å²) in [6, 6.07) is 14.3. The van der Waals surface area contributed by atoms with Gasteiger partial charge in [-0.15, -0.1) is 0 Å². The standard InChI is InChI=1S/C22H21FN4O2/c23-22(8-9-26(13-22)14-24)21(29)27-18(10-15-4-2-1-3-5-15)12-17-11-16(20(25)28)6-7-19(17)27/h1-7,11,18H,8-10,12-13H2,(H2,25,28). The van der Waals surface area contributed by atoms with Gasteiger partial charge in [-0.25, -0.2) is 4.39 Å². The van der Waals surface area contributed by atoms with Crippen molar-refractivity contribution >= 4 is 17.5 Å². The number of fused-ring (bicyclic) bond motifs is 1. The number of benzene rings is 2. The van der Waals surface area contributed by atoms with Gasteiger partial charge in [-0.1, -0.05) is 30.3 Å². The molecule has 2 heterocycles. The van der Waals surface area contributed by atoms with Gasteiger partial charge in [-0.05, 0) is 42.2 Å². The maximum Gasteiger partial charge on any atom is 0.266 e. The van der Waals surface area contributed by atoms with E-state index in [0.29, 0.717) is 24.1 Å². The Hall–Kier alpha value is -3.40. The molecule has 0 aromatic heterocycles. The van der Waals surface area contributed by atoms with E-state index in [1.54, 1.807) is 18.2 Å². The van der Waals surface area contributed by atoms with Crippen LogP contribution in [0.4, 0.5) is 10.1 Å². The Bertz CT molecular complexity index is 1000. The minimum absolute atomic E-state index is 0.0113. The second kappa shape index (κ2) is 7.21. The van der Waals surface area contributed by atoms with Crippen LogP contribution < -0.4 is 10.6 Å². The molecule has 0 radical (unpaired) electrons. The number of likely N-dealkylation sites (tertiary alicyclic amines) is 1. The summed E-state index contributed by atoms with van der Waals surface area (Å²) < 4.78 is 15.6. The number of amides is 2. The molecule has 2 aromatic rings. The fourth-order valence-electron chi connectivity index (χ4n) is 4.25. The van der Waals surface area contributed by atoms with Gasteiger partial charge in [-0.3, -0.25) is 9.59 Å². The molecule has 0 saturated carbocycles. The Balaban J connectivity index is 1.70. The van der Waals surface area contributed by atoms with Crippen LogP contribution >= 0.6 is 0 Å². The van der Waals surface area contributed by atoms with Crippen molar-refractivity contribution in [3.8, 4) is 6.19 Å². The summed E-state index contributed by atoms with van der Waals surface area (Å²) in [7, 11) is 0. The molecule has 1 fully saturated rings. The number of halogens is 1. The average molecular weight is 392 g/mol. The van der Waals surface area contributed by atoms with Crippen molar-refractivity contribution in [1.82, 2.24) is 4.90 Å². The summed E-state index contributed by atoms with van der Waals surface area (Å²) in [5.74, 6) is -1.17. The lowest BCUT2D eigenvalue weighted by atomic mass is 9.99. The quantitative estimate of drug-likeness (QED) is 0.808. The van der Waals surface area contributed by atoms with Crippen LogP contribution in [0.3, 0.4) is 0 Å². The van der Waals surface area contributed by atoms with Crippen molar-refractivity contribution in [2.45, 2.75) is 31.0 Å². The number of rotatable bonds is 4. The highest BCUT2D eigenvalue weighted by Crippen LogP contribution is 2.38. The Morgan fingerprint density at radius 3 is 2.66 bits per heavy atom. The maximum atomic E-state index is 15.6. The normalized spacial score (nSPS) is 23.0. The lowest BCUT2D eigenvalue weighted by Crippen LogP contribution is -2.51. The fraction of sp³-hybridized carbons (Fsp3) is 0.318. The summed E-state index contributed by atoms with van der Waals surface area (Å²) >= 11 is 0. The lowest BCUT2D eigenvalue weighted by molar-refractivity contribution is -0.129. The molecule has 0 spiro atoms. The van der Waals surface area contributed by atoms with Gasteiger partial charge >= 0.3 is 0 Å². The molecule has 2 amide bonds. The van der Waals surface area contributed by atoms with E-state index in [4.69, 9.17) is 11.0 Å². The van der Waals surface area contributed by atoms with E-state index < -0.39 is 17.5 Å². The Kier molecular flexibility index (Phi) is 4.71. The molecule has 6 nitrogen and oxygen atoms in total. The van der Waals surface area contributed by atoms with Crippen LogP contribution in [0, 0.1) is 11.5 Å². The summed E-state index contributed by atoms with van der Waals surface area (Å²) in [4.78, 5) is 27.7. The molecule has 2 N–H and O–H groups in total. The molecule has 2 aliphatic heterocycles. The largest absolute Gasteiger partial charge is 0.366 e. The highest BCUT2D eigenvalue weighted by atomic mass is 19.1. The third kappa shape index (κ3) is 3.42. The molecule has 2 atom stereocenters. The van der Waals surface area contributed by atoms with Gasteiger partial charge < -0.3 is 15.5 Å². The molecule has 2 unspecified atom stereocenters. The van der Waals surface area contributed by atoms with Gasteiger partial charge in [0.2, 0.25) is 11.6 Å². The minimum atomic E-state index is -2.10. The molecule has 0 bridgehead atoms. The lowest BCUT2D eigenvalue weighted by Gasteiger charge is -2.31. The first-order valence-corrected chi connectivity index (χ1v) is 9.55. The SMILES string of the molecule is N#CN1CCC(F)(C(=O)N2c3ccc(C(N)=O)cc3CC2Cc2ccccc2)C1. The topological polar surface area (TPSA) is 90.4 Å². The Morgan fingerprint density at radius 2 is 2.00 bits per heavy atom. The molecule has 7 heteroatoms. The van der Waals surface area contributed by atoms with E-state index in [9.17, 15) is 9.59 Å². The molecule has 0 aliphatic carbocycles. The zero-order valence-corrected chi connectivity index (χ0v) is 15.8. The van der Waals surface area contributed by atoms with Crippen molar-refractivity contribution in [2.75, 3.05) is 18.0 Å². The number of hydrogen-bond donors (Lipinski definition) is 1. The highest BCUT2D eigenvalue weighted by Gasteiger charge is 2.50. The number of nitriles is 1. The van der Waals surface area contributed by atoms with Crippen LogP contribution in [0.15, 0.2) is 48.5 Å². The van der Waals surface area contributed by atoms with Crippen molar-refractivity contribution in [3.05, 3.63) is 65.2 Å². The predicted molar refractivity (Wildman–Crippen MR) is 106 cm³/mol. The van der Waals surface area contributed by atoms with Gasteiger partial charge in [-0.2, -0.15) is 5.26 Å². The summed E-state index contributed by atoms with van der Waals surface area (Å²) in [5, 5.41) is 9.07. The minimum Gasteiger partial charge on any atom is -0.366 e. The van der Waals surface area contributed by atoms with E-state index in [-0.39, 0.29) is 25.6 Å². The van der Waals surface area contributed by atoms with Crippen molar-refractivity contribution < 1.29 is 14.0 Å². The van der Waals surface area contributed by atoms with Gasteiger partial charge in [0.1, 0.15) is 0 Å². The van der Waals surface area contributed by atoms with Crippen molar-refractivity contribution in [1.29, 1.82) is 5.26 Å². The Morgan fingerprint density at radius 1 is 1.24 bits per heavy atom. The number of anilines is 1. The molecule has 2 aliphatic rings. The number of alkyl halides is 1. The van der Waals surface area contributed by atoms with Crippen LogP contribution in [-0.4, -0.2) is 41.5 Å². The number of nitrogens with two attached hydrogens (primary N) is 1.